The van der Waals surface area contributed by atoms with E-state index in [0.29, 0.717) is 24.5 Å². The summed E-state index contributed by atoms with van der Waals surface area (Å²) in [6, 6.07) is 3.26. The number of carbonyl (C=O) groups excluding carboxylic acids is 2. The lowest BCUT2D eigenvalue weighted by Crippen LogP contribution is -2.23. The number of nitrogens with zero attached hydrogens (tertiary/aromatic N) is 3. The number of pyridine rings is 1. The maximum Gasteiger partial charge on any atom is 0.256 e. The van der Waals surface area contributed by atoms with E-state index in [0.717, 1.165) is 11.3 Å². The topological polar surface area (TPSA) is 91.0 Å². The fourth-order valence-corrected chi connectivity index (χ4v) is 2.15. The van der Waals surface area contributed by atoms with Crippen molar-refractivity contribution < 1.29 is 9.59 Å². The van der Waals surface area contributed by atoms with Gasteiger partial charge < -0.3 is 10.2 Å². The maximum atomic E-state index is 12.1. The molecular formula is C13H13N5O2. The molecule has 7 nitrogen and oxygen atoms in total. The lowest BCUT2D eigenvalue weighted by molar-refractivity contribution is -0.129. The van der Waals surface area contributed by atoms with Gasteiger partial charge in [-0.15, -0.1) is 0 Å². The minimum atomic E-state index is -0.247. The molecule has 0 spiro atoms. The minimum Gasteiger partial charge on any atom is -0.333 e. The van der Waals surface area contributed by atoms with Gasteiger partial charge in [-0.3, -0.25) is 19.7 Å². The van der Waals surface area contributed by atoms with Gasteiger partial charge in [0.2, 0.25) is 5.91 Å². The van der Waals surface area contributed by atoms with Crippen molar-refractivity contribution in [2.45, 2.75) is 20.0 Å². The Labute approximate surface area is 115 Å². The van der Waals surface area contributed by atoms with E-state index in [1.807, 2.05) is 0 Å². The van der Waals surface area contributed by atoms with Crippen LogP contribution in [0.1, 0.15) is 28.5 Å². The summed E-state index contributed by atoms with van der Waals surface area (Å²) < 4.78 is 0. The fraction of sp³-hybridized carbons (Fsp3) is 0.231. The molecule has 2 N–H and O–H groups in total. The molecule has 3 rings (SSSR count). The Morgan fingerprint density at radius 2 is 2.05 bits per heavy atom. The Morgan fingerprint density at radius 1 is 1.30 bits per heavy atom. The van der Waals surface area contributed by atoms with Gasteiger partial charge in [-0.25, -0.2) is 0 Å². The lowest BCUT2D eigenvalue weighted by atomic mass is 10.2. The zero-order valence-corrected chi connectivity index (χ0v) is 10.9. The molecule has 2 amide bonds. The van der Waals surface area contributed by atoms with Crippen LogP contribution in [0.15, 0.2) is 24.5 Å². The van der Waals surface area contributed by atoms with E-state index in [1.165, 1.54) is 6.92 Å². The van der Waals surface area contributed by atoms with Gasteiger partial charge >= 0.3 is 0 Å². The van der Waals surface area contributed by atoms with Crippen LogP contribution in [0.3, 0.4) is 0 Å². The van der Waals surface area contributed by atoms with Crippen LogP contribution in [0.25, 0.3) is 0 Å². The summed E-state index contributed by atoms with van der Waals surface area (Å²) in [6.07, 6.45) is 3.11. The van der Waals surface area contributed by atoms with Crippen molar-refractivity contribution in [1.82, 2.24) is 20.1 Å². The van der Waals surface area contributed by atoms with Crippen molar-refractivity contribution in [1.29, 1.82) is 0 Å². The van der Waals surface area contributed by atoms with Gasteiger partial charge in [0.1, 0.15) is 0 Å². The zero-order chi connectivity index (χ0) is 14.1. The third-order valence-electron chi connectivity index (χ3n) is 3.27. The SMILES string of the molecule is CC(=O)N1Cc2[nH]nc(NC(=O)c3ccncc3)c2C1. The molecule has 2 aromatic rings. The first kappa shape index (κ1) is 12.3. The standard InChI is InChI=1S/C13H13N5O2/c1-8(19)18-6-10-11(7-18)16-17-12(10)15-13(20)9-2-4-14-5-3-9/h2-5H,6-7H2,1H3,(H2,15,16,17,20). The molecule has 0 radical (unpaired) electrons. The van der Waals surface area contributed by atoms with Crippen molar-refractivity contribution in [3.63, 3.8) is 0 Å². The smallest absolute Gasteiger partial charge is 0.256 e. The molecule has 0 aliphatic carbocycles. The maximum absolute atomic E-state index is 12.1. The number of amides is 2. The Morgan fingerprint density at radius 3 is 2.75 bits per heavy atom. The van der Waals surface area contributed by atoms with E-state index in [1.54, 1.807) is 29.4 Å². The summed E-state index contributed by atoms with van der Waals surface area (Å²) in [5.74, 6) is 0.231. The molecular weight excluding hydrogens is 258 g/mol. The summed E-state index contributed by atoms with van der Waals surface area (Å²) in [5.41, 5.74) is 2.24. The highest BCUT2D eigenvalue weighted by Crippen LogP contribution is 2.27. The van der Waals surface area contributed by atoms with Gasteiger partial charge in [-0.1, -0.05) is 0 Å². The van der Waals surface area contributed by atoms with Crippen molar-refractivity contribution >= 4 is 17.6 Å². The van der Waals surface area contributed by atoms with Crippen molar-refractivity contribution in [3.05, 3.63) is 41.3 Å². The highest BCUT2D eigenvalue weighted by Gasteiger charge is 2.27. The predicted molar refractivity (Wildman–Crippen MR) is 70.7 cm³/mol. The molecule has 7 heteroatoms. The number of fused-ring (bicyclic) bond motifs is 1. The number of aromatic nitrogens is 3. The van der Waals surface area contributed by atoms with Crippen LogP contribution in [-0.2, 0) is 17.9 Å². The predicted octanol–water partition coefficient (Wildman–Crippen LogP) is 0.919. The van der Waals surface area contributed by atoms with E-state index in [-0.39, 0.29) is 11.8 Å². The van der Waals surface area contributed by atoms with Crippen molar-refractivity contribution in [3.8, 4) is 0 Å². The number of H-pyrrole nitrogens is 1. The number of nitrogens with one attached hydrogen (secondary N) is 2. The van der Waals surface area contributed by atoms with Crippen LogP contribution in [-0.4, -0.2) is 31.9 Å². The first-order valence-corrected chi connectivity index (χ1v) is 6.18. The molecule has 2 aromatic heterocycles. The van der Waals surface area contributed by atoms with Crippen LogP contribution in [0.4, 0.5) is 5.82 Å². The van der Waals surface area contributed by atoms with Crippen LogP contribution in [0, 0.1) is 0 Å². The average Bonchev–Trinajstić information content (AvgIpc) is 3.02. The third-order valence-corrected chi connectivity index (χ3v) is 3.27. The lowest BCUT2D eigenvalue weighted by Gasteiger charge is -2.12. The largest absolute Gasteiger partial charge is 0.333 e. The van der Waals surface area contributed by atoms with E-state index in [4.69, 9.17) is 0 Å². The quantitative estimate of drug-likeness (QED) is 0.849. The van der Waals surface area contributed by atoms with Crippen LogP contribution in [0.2, 0.25) is 0 Å². The van der Waals surface area contributed by atoms with Gasteiger partial charge in [-0.05, 0) is 12.1 Å². The Bertz CT molecular complexity index is 665. The summed E-state index contributed by atoms with van der Waals surface area (Å²) in [7, 11) is 0. The highest BCUT2D eigenvalue weighted by molar-refractivity contribution is 6.04. The molecule has 0 saturated carbocycles. The second-order valence-electron chi connectivity index (χ2n) is 4.59. The van der Waals surface area contributed by atoms with E-state index in [2.05, 4.69) is 20.5 Å². The molecule has 3 heterocycles. The first-order chi connectivity index (χ1) is 9.65. The average molecular weight is 271 g/mol. The van der Waals surface area contributed by atoms with Crippen molar-refractivity contribution in [2.75, 3.05) is 5.32 Å². The summed E-state index contributed by atoms with van der Waals surface area (Å²) in [6.45, 7) is 2.49. The third kappa shape index (κ3) is 2.13. The normalized spacial score (nSPS) is 13.2. The Kier molecular flexibility index (Phi) is 2.94. The van der Waals surface area contributed by atoms with Gasteiger partial charge in [0.25, 0.3) is 5.91 Å². The van der Waals surface area contributed by atoms with Crippen LogP contribution in [0.5, 0.6) is 0 Å². The van der Waals surface area contributed by atoms with Crippen LogP contribution < -0.4 is 5.32 Å². The number of hydrogen-bond donors (Lipinski definition) is 2. The second kappa shape index (κ2) is 4.76. The number of aromatic amines is 1. The highest BCUT2D eigenvalue weighted by atomic mass is 16.2. The van der Waals surface area contributed by atoms with Gasteiger partial charge in [0.05, 0.1) is 18.8 Å². The Balaban J connectivity index is 1.78. The molecule has 0 fully saturated rings. The molecule has 0 unspecified atom stereocenters. The number of hydrogen-bond acceptors (Lipinski definition) is 4. The Hall–Kier alpha value is -2.70. The first-order valence-electron chi connectivity index (χ1n) is 6.18. The molecule has 102 valence electrons. The number of carbonyl (C=O) groups is 2. The molecule has 0 bridgehead atoms. The van der Waals surface area contributed by atoms with Crippen LogP contribution >= 0.6 is 0 Å². The second-order valence-corrected chi connectivity index (χ2v) is 4.59. The minimum absolute atomic E-state index is 0.000935. The van der Waals surface area contributed by atoms with E-state index in [9.17, 15) is 9.59 Å². The molecule has 20 heavy (non-hydrogen) atoms. The molecule has 1 aliphatic heterocycles. The van der Waals surface area contributed by atoms with Gasteiger partial charge in [0.15, 0.2) is 5.82 Å². The number of anilines is 1. The monoisotopic (exact) mass is 271 g/mol. The van der Waals surface area contributed by atoms with Crippen molar-refractivity contribution in [2.24, 2.45) is 0 Å². The summed E-state index contributed by atoms with van der Waals surface area (Å²) >= 11 is 0. The summed E-state index contributed by atoms with van der Waals surface area (Å²) in [4.78, 5) is 29.0. The zero-order valence-electron chi connectivity index (χ0n) is 10.9. The molecule has 0 saturated heterocycles. The molecule has 1 aliphatic rings. The molecule has 0 aromatic carbocycles. The van der Waals surface area contributed by atoms with Gasteiger partial charge in [0, 0.05) is 30.4 Å². The van der Waals surface area contributed by atoms with E-state index < -0.39 is 0 Å². The summed E-state index contributed by atoms with van der Waals surface area (Å²) in [5, 5.41) is 9.69. The number of rotatable bonds is 2. The molecule has 0 atom stereocenters. The van der Waals surface area contributed by atoms with Gasteiger partial charge in [-0.2, -0.15) is 5.10 Å². The fourth-order valence-electron chi connectivity index (χ4n) is 2.15. The van der Waals surface area contributed by atoms with E-state index >= 15 is 0 Å².